The van der Waals surface area contributed by atoms with Gasteiger partial charge in [0.1, 0.15) is 6.04 Å². The van der Waals surface area contributed by atoms with Crippen LogP contribution in [0.5, 0.6) is 0 Å². The number of nitrogens with two attached hydrogens (primary N) is 1. The number of hydrogen-bond acceptors (Lipinski definition) is 5. The third-order valence-corrected chi connectivity index (χ3v) is 8.76. The number of rotatable bonds is 11. The molecule has 3 amide bonds. The standard InChI is InChI=1S/C31H41Cl2N5O3/c32-25-11-10-23(26(33)20-25)19-27(36-29(39)12-13-34)31(41)38-16-14-37(15-17-38)28-9-5-4-8-24(28)21-35-30(40)18-22-6-2-1-3-7-22/h1-3,6-7,10-11,20,24,27-28H,4-5,8-9,12-19,21,34H2,(H,35,40)(H,36,39). The van der Waals surface area contributed by atoms with E-state index in [-0.39, 0.29) is 37.1 Å². The van der Waals surface area contributed by atoms with Crippen molar-refractivity contribution in [2.45, 2.75) is 57.0 Å². The lowest BCUT2D eigenvalue weighted by Crippen LogP contribution is -2.58. The Balaban J connectivity index is 1.33. The minimum Gasteiger partial charge on any atom is -0.355 e. The summed E-state index contributed by atoms with van der Waals surface area (Å²) in [5.41, 5.74) is 7.33. The minimum atomic E-state index is -0.735. The van der Waals surface area contributed by atoms with Crippen molar-refractivity contribution in [2.24, 2.45) is 11.7 Å². The Morgan fingerprint density at radius 1 is 0.951 bits per heavy atom. The van der Waals surface area contributed by atoms with Crippen LogP contribution in [-0.4, -0.2) is 78.9 Å². The zero-order valence-electron chi connectivity index (χ0n) is 23.5. The molecule has 1 heterocycles. The molecule has 1 saturated carbocycles. The van der Waals surface area contributed by atoms with Crippen molar-refractivity contribution in [3.63, 3.8) is 0 Å². The molecule has 2 aromatic rings. The molecule has 41 heavy (non-hydrogen) atoms. The van der Waals surface area contributed by atoms with Crippen LogP contribution >= 0.6 is 23.2 Å². The van der Waals surface area contributed by atoms with Crippen molar-refractivity contribution in [1.82, 2.24) is 20.4 Å². The summed E-state index contributed by atoms with van der Waals surface area (Å²) in [6.07, 6.45) is 5.35. The summed E-state index contributed by atoms with van der Waals surface area (Å²) in [5, 5.41) is 7.03. The molecule has 4 N–H and O–H groups in total. The van der Waals surface area contributed by atoms with Crippen LogP contribution in [0, 0.1) is 5.92 Å². The number of piperazine rings is 1. The van der Waals surface area contributed by atoms with Crippen LogP contribution in [0.4, 0.5) is 0 Å². The van der Waals surface area contributed by atoms with Crippen molar-refractivity contribution in [2.75, 3.05) is 39.3 Å². The Kier molecular flexibility index (Phi) is 11.9. The molecule has 2 aromatic carbocycles. The Morgan fingerprint density at radius 3 is 2.39 bits per heavy atom. The van der Waals surface area contributed by atoms with Crippen molar-refractivity contribution in [1.29, 1.82) is 0 Å². The Morgan fingerprint density at radius 2 is 1.68 bits per heavy atom. The number of nitrogens with one attached hydrogen (secondary N) is 2. The van der Waals surface area contributed by atoms with E-state index in [4.69, 9.17) is 28.9 Å². The predicted molar refractivity (Wildman–Crippen MR) is 163 cm³/mol. The highest BCUT2D eigenvalue weighted by molar-refractivity contribution is 6.35. The van der Waals surface area contributed by atoms with Gasteiger partial charge in [-0.3, -0.25) is 19.3 Å². The fraction of sp³-hybridized carbons (Fsp3) is 0.516. The second-order valence-corrected chi connectivity index (χ2v) is 11.9. The number of halogens is 2. The highest BCUT2D eigenvalue weighted by atomic mass is 35.5. The lowest BCUT2D eigenvalue weighted by Gasteiger charge is -2.44. The molecule has 3 unspecified atom stereocenters. The summed E-state index contributed by atoms with van der Waals surface area (Å²) in [7, 11) is 0. The van der Waals surface area contributed by atoms with Gasteiger partial charge in [0, 0.05) is 68.2 Å². The zero-order chi connectivity index (χ0) is 29.2. The van der Waals surface area contributed by atoms with E-state index < -0.39 is 6.04 Å². The molecule has 10 heteroatoms. The van der Waals surface area contributed by atoms with Gasteiger partial charge >= 0.3 is 0 Å². The molecule has 3 atom stereocenters. The van der Waals surface area contributed by atoms with E-state index in [1.807, 2.05) is 35.2 Å². The molecule has 0 radical (unpaired) electrons. The first-order valence-electron chi connectivity index (χ1n) is 14.6. The highest BCUT2D eigenvalue weighted by Crippen LogP contribution is 2.29. The molecule has 2 aliphatic rings. The SMILES string of the molecule is NCCC(=O)NC(Cc1ccc(Cl)cc1Cl)C(=O)N1CCN(C2CCCCC2CNC(=O)Cc2ccccc2)CC1. The maximum absolute atomic E-state index is 13.6. The van der Waals surface area contributed by atoms with E-state index in [1.54, 1.807) is 18.2 Å². The van der Waals surface area contributed by atoms with Crippen molar-refractivity contribution in [3.8, 4) is 0 Å². The van der Waals surface area contributed by atoms with Crippen LogP contribution < -0.4 is 16.4 Å². The van der Waals surface area contributed by atoms with E-state index in [2.05, 4.69) is 15.5 Å². The van der Waals surface area contributed by atoms with Crippen LogP contribution in [0.3, 0.4) is 0 Å². The van der Waals surface area contributed by atoms with E-state index >= 15 is 0 Å². The van der Waals surface area contributed by atoms with Gasteiger partial charge in [0.15, 0.2) is 0 Å². The third-order valence-electron chi connectivity index (χ3n) is 8.18. The average molecular weight is 603 g/mol. The smallest absolute Gasteiger partial charge is 0.245 e. The van der Waals surface area contributed by atoms with Crippen molar-refractivity contribution >= 4 is 40.9 Å². The molecule has 2 fully saturated rings. The molecule has 4 rings (SSSR count). The third kappa shape index (κ3) is 9.17. The molecule has 1 aliphatic carbocycles. The Bertz CT molecular complexity index is 1170. The van der Waals surface area contributed by atoms with Gasteiger partial charge in [-0.2, -0.15) is 0 Å². The lowest BCUT2D eigenvalue weighted by molar-refractivity contribution is -0.138. The van der Waals surface area contributed by atoms with Crippen molar-refractivity contribution < 1.29 is 14.4 Å². The number of carbonyl (C=O) groups excluding carboxylic acids is 3. The first-order chi connectivity index (χ1) is 19.8. The fourth-order valence-corrected chi connectivity index (χ4v) is 6.48. The van der Waals surface area contributed by atoms with Crippen LogP contribution in [0.15, 0.2) is 48.5 Å². The van der Waals surface area contributed by atoms with Gasteiger partial charge in [0.05, 0.1) is 6.42 Å². The molecule has 1 saturated heterocycles. The van der Waals surface area contributed by atoms with Crippen molar-refractivity contribution in [3.05, 3.63) is 69.7 Å². The summed E-state index contributed by atoms with van der Waals surface area (Å²) in [4.78, 5) is 43.0. The van der Waals surface area contributed by atoms with Gasteiger partial charge in [-0.05, 0) is 42.0 Å². The molecular formula is C31H41Cl2N5O3. The van der Waals surface area contributed by atoms with Crippen LogP contribution in [0.2, 0.25) is 10.0 Å². The number of nitrogens with zero attached hydrogens (tertiary/aromatic N) is 2. The first kappa shape index (κ1) is 31.3. The molecule has 0 spiro atoms. The van der Waals surface area contributed by atoms with E-state index in [0.717, 1.165) is 37.1 Å². The molecule has 1 aliphatic heterocycles. The molecule has 0 aromatic heterocycles. The monoisotopic (exact) mass is 601 g/mol. The van der Waals surface area contributed by atoms with E-state index in [9.17, 15) is 14.4 Å². The largest absolute Gasteiger partial charge is 0.355 e. The molecular weight excluding hydrogens is 561 g/mol. The molecule has 0 bridgehead atoms. The Hall–Kier alpha value is -2.65. The van der Waals surface area contributed by atoms with Gasteiger partial charge in [0.2, 0.25) is 17.7 Å². The van der Waals surface area contributed by atoms with E-state index in [1.165, 1.54) is 12.8 Å². The van der Waals surface area contributed by atoms with Crippen LogP contribution in [-0.2, 0) is 27.2 Å². The number of hydrogen-bond donors (Lipinski definition) is 3. The minimum absolute atomic E-state index is 0.0551. The summed E-state index contributed by atoms with van der Waals surface area (Å²) in [6.45, 7) is 3.57. The highest BCUT2D eigenvalue weighted by Gasteiger charge is 2.35. The van der Waals surface area contributed by atoms with Crippen LogP contribution in [0.25, 0.3) is 0 Å². The lowest BCUT2D eigenvalue weighted by atomic mass is 9.83. The van der Waals surface area contributed by atoms with Crippen LogP contribution in [0.1, 0.15) is 43.2 Å². The topological polar surface area (TPSA) is 108 Å². The fourth-order valence-electron chi connectivity index (χ4n) is 5.99. The second-order valence-electron chi connectivity index (χ2n) is 11.0. The summed E-state index contributed by atoms with van der Waals surface area (Å²) < 4.78 is 0. The summed E-state index contributed by atoms with van der Waals surface area (Å²) >= 11 is 12.4. The second kappa shape index (κ2) is 15.5. The summed E-state index contributed by atoms with van der Waals surface area (Å²) in [5.74, 6) is 0.0730. The van der Waals surface area contributed by atoms with Gasteiger partial charge < -0.3 is 21.3 Å². The van der Waals surface area contributed by atoms with Gasteiger partial charge in [0.25, 0.3) is 0 Å². The average Bonchev–Trinajstić information content (AvgIpc) is 2.97. The zero-order valence-corrected chi connectivity index (χ0v) is 25.0. The number of amides is 3. The first-order valence-corrected chi connectivity index (χ1v) is 15.4. The number of benzene rings is 2. The maximum Gasteiger partial charge on any atom is 0.245 e. The quantitative estimate of drug-likeness (QED) is 0.366. The number of carbonyl (C=O) groups is 3. The predicted octanol–water partition coefficient (Wildman–Crippen LogP) is 3.43. The van der Waals surface area contributed by atoms with Gasteiger partial charge in [-0.1, -0.05) is 72.4 Å². The van der Waals surface area contributed by atoms with Gasteiger partial charge in [-0.25, -0.2) is 0 Å². The van der Waals surface area contributed by atoms with E-state index in [0.29, 0.717) is 48.1 Å². The normalized spacial score (nSPS) is 20.3. The molecule has 222 valence electrons. The maximum atomic E-state index is 13.6. The van der Waals surface area contributed by atoms with Gasteiger partial charge in [-0.15, -0.1) is 0 Å². The summed E-state index contributed by atoms with van der Waals surface area (Å²) in [6, 6.07) is 14.6. The molecule has 8 nitrogen and oxygen atoms in total. The Labute approximate surface area is 252 Å².